The number of carbonyl (C=O) groups excluding carboxylic acids is 1. The van der Waals surface area contributed by atoms with Gasteiger partial charge in [0.15, 0.2) is 0 Å². The van der Waals surface area contributed by atoms with E-state index in [9.17, 15) is 4.79 Å². The van der Waals surface area contributed by atoms with Crippen LogP contribution in [0, 0.1) is 0 Å². The van der Waals surface area contributed by atoms with Gasteiger partial charge in [-0.3, -0.25) is 4.79 Å². The SMILES string of the molecule is NC1CCN(C(=O)CCCc2ccc(Cl)c(Cl)c2)CC1. The summed E-state index contributed by atoms with van der Waals surface area (Å²) in [5.41, 5.74) is 6.96. The van der Waals surface area contributed by atoms with E-state index in [0.717, 1.165) is 44.3 Å². The monoisotopic (exact) mass is 314 g/mol. The average molecular weight is 315 g/mol. The van der Waals surface area contributed by atoms with E-state index in [1.54, 1.807) is 6.07 Å². The van der Waals surface area contributed by atoms with Crippen molar-refractivity contribution in [1.82, 2.24) is 4.90 Å². The second-order valence-electron chi connectivity index (χ2n) is 5.32. The molecule has 3 nitrogen and oxygen atoms in total. The minimum absolute atomic E-state index is 0.233. The molecule has 1 aromatic rings. The number of amides is 1. The quantitative estimate of drug-likeness (QED) is 0.927. The maximum Gasteiger partial charge on any atom is 0.222 e. The van der Waals surface area contributed by atoms with Gasteiger partial charge in [-0.2, -0.15) is 0 Å². The maximum absolute atomic E-state index is 12.1. The van der Waals surface area contributed by atoms with Crippen molar-refractivity contribution >= 4 is 29.1 Å². The summed E-state index contributed by atoms with van der Waals surface area (Å²) in [5.74, 6) is 0.233. The molecule has 2 N–H and O–H groups in total. The Balaban J connectivity index is 1.75. The first-order chi connectivity index (χ1) is 9.56. The molecule has 0 radical (unpaired) electrons. The van der Waals surface area contributed by atoms with Gasteiger partial charge in [0.2, 0.25) is 5.91 Å². The van der Waals surface area contributed by atoms with E-state index >= 15 is 0 Å². The first kappa shape index (κ1) is 15.6. The summed E-state index contributed by atoms with van der Waals surface area (Å²) in [5, 5.41) is 1.14. The predicted octanol–water partition coefficient (Wildman–Crippen LogP) is 3.27. The van der Waals surface area contributed by atoms with Crippen molar-refractivity contribution in [3.05, 3.63) is 33.8 Å². The summed E-state index contributed by atoms with van der Waals surface area (Å²) in [6.45, 7) is 1.60. The van der Waals surface area contributed by atoms with Gasteiger partial charge in [0.25, 0.3) is 0 Å². The lowest BCUT2D eigenvalue weighted by molar-refractivity contribution is -0.132. The van der Waals surface area contributed by atoms with Crippen molar-refractivity contribution in [2.45, 2.75) is 38.1 Å². The Morgan fingerprint density at radius 3 is 2.60 bits per heavy atom. The fraction of sp³-hybridized carbons (Fsp3) is 0.533. The van der Waals surface area contributed by atoms with E-state index in [0.29, 0.717) is 16.5 Å². The summed E-state index contributed by atoms with van der Waals surface area (Å²) in [7, 11) is 0. The lowest BCUT2D eigenvalue weighted by Gasteiger charge is -2.30. The van der Waals surface area contributed by atoms with Crippen LogP contribution in [0.2, 0.25) is 10.0 Å². The van der Waals surface area contributed by atoms with Crippen LogP contribution in [0.3, 0.4) is 0 Å². The highest BCUT2D eigenvalue weighted by molar-refractivity contribution is 6.42. The number of carbonyl (C=O) groups is 1. The first-order valence-corrected chi connectivity index (χ1v) is 7.79. The smallest absolute Gasteiger partial charge is 0.222 e. The number of likely N-dealkylation sites (tertiary alicyclic amines) is 1. The number of aryl methyl sites for hydroxylation is 1. The van der Waals surface area contributed by atoms with Crippen molar-refractivity contribution in [3.63, 3.8) is 0 Å². The van der Waals surface area contributed by atoms with Gasteiger partial charge in [0.05, 0.1) is 10.0 Å². The van der Waals surface area contributed by atoms with Gasteiger partial charge >= 0.3 is 0 Å². The number of piperidine rings is 1. The summed E-state index contributed by atoms with van der Waals surface area (Å²) in [6, 6.07) is 5.88. The number of hydrogen-bond donors (Lipinski definition) is 1. The van der Waals surface area contributed by atoms with Crippen LogP contribution in [0.15, 0.2) is 18.2 Å². The van der Waals surface area contributed by atoms with E-state index < -0.39 is 0 Å². The molecule has 0 aromatic heterocycles. The van der Waals surface area contributed by atoms with Crippen LogP contribution in [-0.2, 0) is 11.2 Å². The molecule has 1 saturated heterocycles. The largest absolute Gasteiger partial charge is 0.343 e. The molecule has 0 unspecified atom stereocenters. The van der Waals surface area contributed by atoms with Crippen LogP contribution in [-0.4, -0.2) is 29.9 Å². The molecule has 1 fully saturated rings. The van der Waals surface area contributed by atoms with Gasteiger partial charge in [-0.1, -0.05) is 29.3 Å². The topological polar surface area (TPSA) is 46.3 Å². The number of nitrogens with two attached hydrogens (primary N) is 1. The zero-order valence-electron chi connectivity index (χ0n) is 11.4. The Morgan fingerprint density at radius 2 is 1.95 bits per heavy atom. The van der Waals surface area contributed by atoms with Crippen molar-refractivity contribution in [2.75, 3.05) is 13.1 Å². The molecule has 5 heteroatoms. The van der Waals surface area contributed by atoms with Gasteiger partial charge in [0.1, 0.15) is 0 Å². The highest BCUT2D eigenvalue weighted by Gasteiger charge is 2.19. The first-order valence-electron chi connectivity index (χ1n) is 7.03. The second kappa shape index (κ2) is 7.30. The highest BCUT2D eigenvalue weighted by atomic mass is 35.5. The third kappa shape index (κ3) is 4.37. The summed E-state index contributed by atoms with van der Waals surface area (Å²) in [6.07, 6.45) is 4.09. The molecule has 1 aromatic carbocycles. The molecule has 0 aliphatic carbocycles. The Hall–Kier alpha value is -0.770. The van der Waals surface area contributed by atoms with Crippen molar-refractivity contribution in [1.29, 1.82) is 0 Å². The molecular weight excluding hydrogens is 295 g/mol. The summed E-state index contributed by atoms with van der Waals surface area (Å²) < 4.78 is 0. The lowest BCUT2D eigenvalue weighted by atomic mass is 10.0. The second-order valence-corrected chi connectivity index (χ2v) is 6.13. The summed E-state index contributed by atoms with van der Waals surface area (Å²) >= 11 is 11.8. The Bertz CT molecular complexity index is 471. The van der Waals surface area contributed by atoms with Crippen LogP contribution in [0.5, 0.6) is 0 Å². The van der Waals surface area contributed by atoms with Crippen molar-refractivity contribution in [3.8, 4) is 0 Å². The van der Waals surface area contributed by atoms with E-state index in [2.05, 4.69) is 0 Å². The molecule has 0 spiro atoms. The van der Waals surface area contributed by atoms with Crippen LogP contribution in [0.4, 0.5) is 0 Å². The fourth-order valence-corrected chi connectivity index (χ4v) is 2.77. The zero-order chi connectivity index (χ0) is 14.5. The molecule has 1 aliphatic heterocycles. The molecule has 110 valence electrons. The average Bonchev–Trinajstić information content (AvgIpc) is 2.43. The number of benzene rings is 1. The molecule has 2 rings (SSSR count). The third-order valence-electron chi connectivity index (χ3n) is 3.73. The Morgan fingerprint density at radius 1 is 1.25 bits per heavy atom. The Kier molecular flexibility index (Phi) is 5.70. The normalized spacial score (nSPS) is 16.4. The summed E-state index contributed by atoms with van der Waals surface area (Å²) in [4.78, 5) is 14.0. The van der Waals surface area contributed by atoms with E-state index in [1.807, 2.05) is 17.0 Å². The fourth-order valence-electron chi connectivity index (χ4n) is 2.45. The lowest BCUT2D eigenvalue weighted by Crippen LogP contribution is -2.42. The van der Waals surface area contributed by atoms with Gasteiger partial charge in [-0.15, -0.1) is 0 Å². The molecule has 1 heterocycles. The zero-order valence-corrected chi connectivity index (χ0v) is 13.0. The van der Waals surface area contributed by atoms with E-state index in [4.69, 9.17) is 28.9 Å². The van der Waals surface area contributed by atoms with E-state index in [-0.39, 0.29) is 11.9 Å². The third-order valence-corrected chi connectivity index (χ3v) is 4.47. The van der Waals surface area contributed by atoms with Crippen molar-refractivity contribution in [2.24, 2.45) is 5.73 Å². The van der Waals surface area contributed by atoms with Crippen molar-refractivity contribution < 1.29 is 4.79 Å². The van der Waals surface area contributed by atoms with Crippen LogP contribution in [0.1, 0.15) is 31.2 Å². The van der Waals surface area contributed by atoms with Crippen LogP contribution < -0.4 is 5.73 Å². The minimum atomic E-state index is 0.233. The van der Waals surface area contributed by atoms with Gasteiger partial charge in [-0.05, 0) is 43.4 Å². The number of nitrogens with zero attached hydrogens (tertiary/aromatic N) is 1. The molecule has 0 saturated carbocycles. The predicted molar refractivity (Wildman–Crippen MR) is 83.2 cm³/mol. The Labute approximate surface area is 130 Å². The maximum atomic E-state index is 12.1. The number of hydrogen-bond acceptors (Lipinski definition) is 2. The van der Waals surface area contributed by atoms with Crippen LogP contribution >= 0.6 is 23.2 Å². The standard InChI is InChI=1S/C15H20Cl2N2O/c16-13-5-4-11(10-14(13)17)2-1-3-15(20)19-8-6-12(18)7-9-19/h4-5,10,12H,1-3,6-9,18H2. The van der Waals surface area contributed by atoms with E-state index in [1.165, 1.54) is 0 Å². The minimum Gasteiger partial charge on any atom is -0.343 e. The number of halogens is 2. The molecule has 0 atom stereocenters. The highest BCUT2D eigenvalue weighted by Crippen LogP contribution is 2.23. The van der Waals surface area contributed by atoms with Gasteiger partial charge < -0.3 is 10.6 Å². The molecular formula is C15H20Cl2N2O. The molecule has 20 heavy (non-hydrogen) atoms. The van der Waals surface area contributed by atoms with Gasteiger partial charge in [0, 0.05) is 25.6 Å². The molecule has 1 aliphatic rings. The molecule has 1 amide bonds. The number of rotatable bonds is 4. The van der Waals surface area contributed by atoms with Crippen LogP contribution in [0.25, 0.3) is 0 Å². The molecule has 0 bridgehead atoms. The van der Waals surface area contributed by atoms with Gasteiger partial charge in [-0.25, -0.2) is 0 Å².